The Bertz CT molecular complexity index is 822. The van der Waals surface area contributed by atoms with Crippen LogP contribution in [0.3, 0.4) is 0 Å². The lowest BCUT2D eigenvalue weighted by molar-refractivity contribution is -0.143. The highest BCUT2D eigenvalue weighted by atomic mass is 16.5. The first-order valence-corrected chi connectivity index (χ1v) is 9.67. The van der Waals surface area contributed by atoms with Crippen LogP contribution in [0.25, 0.3) is 0 Å². The monoisotopic (exact) mass is 389 g/mol. The van der Waals surface area contributed by atoms with Gasteiger partial charge in [-0.05, 0) is 39.7 Å². The summed E-state index contributed by atoms with van der Waals surface area (Å²) in [6.07, 6.45) is 3.29. The molecule has 0 radical (unpaired) electrons. The van der Waals surface area contributed by atoms with E-state index in [4.69, 9.17) is 4.74 Å². The molecule has 8 heteroatoms. The van der Waals surface area contributed by atoms with Crippen LogP contribution in [0, 0.1) is 13.8 Å². The van der Waals surface area contributed by atoms with E-state index in [1.54, 1.807) is 13.2 Å². The zero-order chi connectivity index (χ0) is 20.6. The number of aryl methyl sites for hydroxylation is 1. The van der Waals surface area contributed by atoms with E-state index in [0.29, 0.717) is 25.0 Å². The number of amides is 4. The summed E-state index contributed by atoms with van der Waals surface area (Å²) in [5, 5.41) is 0. The average Bonchev–Trinajstić information content (AvgIpc) is 3.31. The fraction of sp³-hybridized carbons (Fsp3) is 0.600. The molecule has 1 unspecified atom stereocenters. The van der Waals surface area contributed by atoms with E-state index in [0.717, 1.165) is 34.0 Å². The van der Waals surface area contributed by atoms with E-state index in [2.05, 4.69) is 0 Å². The van der Waals surface area contributed by atoms with Crippen molar-refractivity contribution in [1.82, 2.24) is 14.4 Å². The van der Waals surface area contributed by atoms with Gasteiger partial charge in [-0.2, -0.15) is 0 Å². The predicted octanol–water partition coefficient (Wildman–Crippen LogP) is 2.23. The number of urea groups is 1. The molecule has 1 aromatic rings. The number of hydrogen-bond acceptors (Lipinski definition) is 5. The maximum Gasteiger partial charge on any atom is 0.334 e. The van der Waals surface area contributed by atoms with Gasteiger partial charge in [0.15, 0.2) is 5.78 Å². The molecule has 2 aliphatic rings. The van der Waals surface area contributed by atoms with Gasteiger partial charge >= 0.3 is 17.8 Å². The van der Waals surface area contributed by atoms with Gasteiger partial charge in [0.1, 0.15) is 0 Å². The summed E-state index contributed by atoms with van der Waals surface area (Å²) < 4.78 is 7.20. The molecule has 8 nitrogen and oxygen atoms in total. The number of carbonyl (C=O) groups excluding carboxylic acids is 4. The van der Waals surface area contributed by atoms with Crippen LogP contribution in [0.15, 0.2) is 6.07 Å². The van der Waals surface area contributed by atoms with E-state index in [9.17, 15) is 19.2 Å². The third-order valence-corrected chi connectivity index (χ3v) is 5.71. The zero-order valence-corrected chi connectivity index (χ0v) is 16.9. The van der Waals surface area contributed by atoms with Gasteiger partial charge in [0.2, 0.25) is 0 Å². The smallest absolute Gasteiger partial charge is 0.334 e. The second-order valence-corrected chi connectivity index (χ2v) is 7.67. The quantitative estimate of drug-likeness (QED) is 0.405. The van der Waals surface area contributed by atoms with Gasteiger partial charge in [0.05, 0.1) is 19.2 Å². The fourth-order valence-electron chi connectivity index (χ4n) is 4.43. The highest BCUT2D eigenvalue weighted by Gasteiger charge is 2.48. The van der Waals surface area contributed by atoms with Gasteiger partial charge in [0, 0.05) is 30.1 Å². The van der Waals surface area contributed by atoms with Crippen LogP contribution in [0.4, 0.5) is 4.79 Å². The summed E-state index contributed by atoms with van der Waals surface area (Å²) in [6.45, 7) is 5.79. The molecule has 1 aromatic heterocycles. The number of carbonyl (C=O) groups is 4. The van der Waals surface area contributed by atoms with Gasteiger partial charge in [0.25, 0.3) is 0 Å². The van der Waals surface area contributed by atoms with Crippen molar-refractivity contribution in [3.8, 4) is 0 Å². The highest BCUT2D eigenvalue weighted by molar-refractivity contribution is 6.45. The maximum absolute atomic E-state index is 12.9. The third kappa shape index (κ3) is 3.37. The summed E-state index contributed by atoms with van der Waals surface area (Å²) in [6, 6.07) is 0.896. The summed E-state index contributed by atoms with van der Waals surface area (Å²) in [4.78, 5) is 52.0. The Labute approximate surface area is 164 Å². The molecule has 1 aliphatic heterocycles. The van der Waals surface area contributed by atoms with Gasteiger partial charge in [-0.1, -0.05) is 12.8 Å². The van der Waals surface area contributed by atoms with Crippen LogP contribution in [0.2, 0.25) is 0 Å². The number of methoxy groups -OCH3 is 1. The molecule has 1 aliphatic carbocycles. The van der Waals surface area contributed by atoms with Crippen molar-refractivity contribution >= 4 is 23.6 Å². The molecule has 1 atom stereocenters. The van der Waals surface area contributed by atoms with E-state index in [1.165, 1.54) is 0 Å². The van der Waals surface area contributed by atoms with Crippen LogP contribution in [-0.2, 0) is 14.3 Å². The minimum Gasteiger partial charge on any atom is -0.383 e. The SMILES string of the molecule is COCC(C)n1c(C)cc(C(=O)CN2C(=O)C(=O)N(C3CCCC3)C2=O)c1C. The van der Waals surface area contributed by atoms with E-state index in [1.807, 2.05) is 25.3 Å². The van der Waals surface area contributed by atoms with E-state index >= 15 is 0 Å². The molecule has 3 rings (SSSR count). The second-order valence-electron chi connectivity index (χ2n) is 7.67. The lowest BCUT2D eigenvalue weighted by Crippen LogP contribution is -2.41. The molecular formula is C20H27N3O5. The minimum absolute atomic E-state index is 0.0426. The minimum atomic E-state index is -0.910. The number of Topliss-reactive ketones (excluding diaryl/α,β-unsaturated/α-hetero) is 1. The Morgan fingerprint density at radius 1 is 1.18 bits per heavy atom. The Kier molecular flexibility index (Phi) is 5.69. The number of nitrogens with zero attached hydrogens (tertiary/aromatic N) is 3. The molecule has 2 heterocycles. The van der Waals surface area contributed by atoms with Crippen molar-refractivity contribution in [2.24, 2.45) is 0 Å². The first-order chi connectivity index (χ1) is 13.3. The van der Waals surface area contributed by atoms with E-state index in [-0.39, 0.29) is 17.9 Å². The van der Waals surface area contributed by atoms with Crippen molar-refractivity contribution in [3.05, 3.63) is 23.0 Å². The van der Waals surface area contributed by atoms with Crippen molar-refractivity contribution < 1.29 is 23.9 Å². The predicted molar refractivity (Wildman–Crippen MR) is 101 cm³/mol. The fourth-order valence-corrected chi connectivity index (χ4v) is 4.43. The second kappa shape index (κ2) is 7.87. The average molecular weight is 389 g/mol. The summed E-state index contributed by atoms with van der Waals surface area (Å²) in [5.74, 6) is -2.08. The molecule has 28 heavy (non-hydrogen) atoms. The summed E-state index contributed by atoms with van der Waals surface area (Å²) in [7, 11) is 1.62. The van der Waals surface area contributed by atoms with Crippen LogP contribution in [-0.4, -0.2) is 64.3 Å². The molecule has 1 saturated heterocycles. The Morgan fingerprint density at radius 3 is 2.43 bits per heavy atom. The summed E-state index contributed by atoms with van der Waals surface area (Å²) in [5.41, 5.74) is 2.10. The zero-order valence-electron chi connectivity index (χ0n) is 16.9. The van der Waals surface area contributed by atoms with Gasteiger partial charge < -0.3 is 9.30 Å². The Balaban J connectivity index is 1.79. The lowest BCUT2D eigenvalue weighted by Gasteiger charge is -2.21. The number of ketones is 1. The first-order valence-electron chi connectivity index (χ1n) is 9.67. The third-order valence-electron chi connectivity index (χ3n) is 5.71. The number of ether oxygens (including phenoxy) is 1. The van der Waals surface area contributed by atoms with Gasteiger partial charge in [-0.25, -0.2) is 9.69 Å². The van der Waals surface area contributed by atoms with Crippen LogP contribution >= 0.6 is 0 Å². The van der Waals surface area contributed by atoms with E-state index < -0.39 is 24.4 Å². The molecule has 4 amide bonds. The number of hydrogen-bond donors (Lipinski definition) is 0. The Morgan fingerprint density at radius 2 is 1.82 bits per heavy atom. The number of imide groups is 2. The van der Waals surface area contributed by atoms with Crippen LogP contribution < -0.4 is 0 Å². The lowest BCUT2D eigenvalue weighted by atomic mass is 10.1. The molecular weight excluding hydrogens is 362 g/mol. The number of aromatic nitrogens is 1. The molecule has 0 spiro atoms. The molecule has 0 bridgehead atoms. The van der Waals surface area contributed by atoms with Crippen molar-refractivity contribution in [2.75, 3.05) is 20.3 Å². The largest absolute Gasteiger partial charge is 0.383 e. The normalized spacial score (nSPS) is 19.2. The van der Waals surface area contributed by atoms with Crippen LogP contribution in [0.5, 0.6) is 0 Å². The molecule has 1 saturated carbocycles. The standard InChI is InChI=1S/C20H27N3O5/c1-12-9-16(14(3)22(12)13(2)11-28-4)17(24)10-21-18(25)19(26)23(20(21)27)15-7-5-6-8-15/h9,13,15H,5-8,10-11H2,1-4H3. The first kappa shape index (κ1) is 20.3. The number of rotatable bonds is 7. The van der Waals surface area contributed by atoms with Crippen LogP contribution in [0.1, 0.15) is 60.4 Å². The molecule has 2 fully saturated rings. The van der Waals surface area contributed by atoms with Gasteiger partial charge in [-0.3, -0.25) is 19.3 Å². The van der Waals surface area contributed by atoms with Crippen molar-refractivity contribution in [2.45, 2.75) is 58.5 Å². The molecule has 0 N–H and O–H groups in total. The topological polar surface area (TPSA) is 88.9 Å². The molecule has 0 aromatic carbocycles. The van der Waals surface area contributed by atoms with Crippen molar-refractivity contribution in [3.63, 3.8) is 0 Å². The maximum atomic E-state index is 12.9. The van der Waals surface area contributed by atoms with Crippen molar-refractivity contribution in [1.29, 1.82) is 0 Å². The van der Waals surface area contributed by atoms with Gasteiger partial charge in [-0.15, -0.1) is 0 Å². The Hall–Kier alpha value is -2.48. The summed E-state index contributed by atoms with van der Waals surface area (Å²) >= 11 is 0. The highest BCUT2D eigenvalue weighted by Crippen LogP contribution is 2.28. The molecule has 152 valence electrons.